The van der Waals surface area contributed by atoms with Gasteiger partial charge in [-0.15, -0.1) is 0 Å². The van der Waals surface area contributed by atoms with E-state index in [9.17, 15) is 4.79 Å². The number of halogens is 1. The third kappa shape index (κ3) is 3.37. The van der Waals surface area contributed by atoms with Gasteiger partial charge in [-0.05, 0) is 53.2 Å². The normalized spacial score (nSPS) is 19.5. The van der Waals surface area contributed by atoms with Gasteiger partial charge in [-0.1, -0.05) is 12.1 Å². The fourth-order valence-electron chi connectivity index (χ4n) is 2.60. The molecule has 0 saturated carbocycles. The van der Waals surface area contributed by atoms with Gasteiger partial charge in [-0.25, -0.2) is 0 Å². The van der Waals surface area contributed by atoms with Crippen LogP contribution >= 0.6 is 15.9 Å². The Morgan fingerprint density at radius 3 is 3.05 bits per heavy atom. The van der Waals surface area contributed by atoms with Gasteiger partial charge in [0.25, 0.3) is 5.91 Å². The summed E-state index contributed by atoms with van der Waals surface area (Å²) < 4.78 is 6.12. The van der Waals surface area contributed by atoms with E-state index < -0.39 is 0 Å². The number of piperidine rings is 1. The van der Waals surface area contributed by atoms with Crippen LogP contribution in [-0.4, -0.2) is 37.6 Å². The summed E-state index contributed by atoms with van der Waals surface area (Å²) in [5.41, 5.74) is 1.86. The van der Waals surface area contributed by atoms with E-state index in [0.717, 1.165) is 48.1 Å². The molecular weight excluding hydrogens is 306 g/mol. The van der Waals surface area contributed by atoms with E-state index in [2.05, 4.69) is 15.9 Å². The smallest absolute Gasteiger partial charge is 0.255 e. The van der Waals surface area contributed by atoms with Crippen LogP contribution in [0.1, 0.15) is 28.8 Å². The van der Waals surface area contributed by atoms with Crippen LogP contribution < -0.4 is 0 Å². The van der Waals surface area contributed by atoms with Crippen molar-refractivity contribution in [2.75, 3.05) is 26.8 Å². The van der Waals surface area contributed by atoms with Gasteiger partial charge < -0.3 is 9.64 Å². The molecule has 1 heterocycles. The molecule has 1 fully saturated rings. The number of nitrogens with zero attached hydrogens (tertiary/aromatic N) is 1. The SMILES string of the molecule is COCC1CCCN(C(=O)c2cccc(C)c2Br)C1. The third-order valence-corrected chi connectivity index (χ3v) is 4.68. The first-order valence-electron chi connectivity index (χ1n) is 6.66. The summed E-state index contributed by atoms with van der Waals surface area (Å²) >= 11 is 3.52. The second-order valence-corrected chi connectivity index (χ2v) is 5.94. The molecular formula is C15H20BrNO2. The lowest BCUT2D eigenvalue weighted by molar-refractivity contribution is 0.0570. The van der Waals surface area contributed by atoms with Crippen LogP contribution in [0.5, 0.6) is 0 Å². The number of rotatable bonds is 3. The quantitative estimate of drug-likeness (QED) is 0.853. The molecule has 1 unspecified atom stereocenters. The number of benzene rings is 1. The van der Waals surface area contributed by atoms with E-state index in [1.165, 1.54) is 0 Å². The molecule has 0 aliphatic carbocycles. The minimum Gasteiger partial charge on any atom is -0.384 e. The Labute approximate surface area is 123 Å². The summed E-state index contributed by atoms with van der Waals surface area (Å²) in [6.45, 7) is 4.38. The van der Waals surface area contributed by atoms with Crippen LogP contribution in [0.3, 0.4) is 0 Å². The minimum absolute atomic E-state index is 0.122. The highest BCUT2D eigenvalue weighted by Gasteiger charge is 2.25. The molecule has 0 spiro atoms. The first-order valence-corrected chi connectivity index (χ1v) is 7.46. The monoisotopic (exact) mass is 325 g/mol. The zero-order valence-electron chi connectivity index (χ0n) is 11.5. The zero-order chi connectivity index (χ0) is 13.8. The van der Waals surface area contributed by atoms with Crippen LogP contribution in [0.15, 0.2) is 22.7 Å². The topological polar surface area (TPSA) is 29.5 Å². The maximum atomic E-state index is 12.6. The second kappa shape index (κ2) is 6.53. The molecule has 1 amide bonds. The Bertz CT molecular complexity index is 459. The van der Waals surface area contributed by atoms with Crippen LogP contribution in [0.2, 0.25) is 0 Å². The van der Waals surface area contributed by atoms with E-state index in [0.29, 0.717) is 5.92 Å². The molecule has 104 valence electrons. The van der Waals surface area contributed by atoms with Crippen molar-refractivity contribution in [1.29, 1.82) is 0 Å². The summed E-state index contributed by atoms with van der Waals surface area (Å²) in [6.07, 6.45) is 2.20. The Hall–Kier alpha value is -0.870. The molecule has 1 aromatic rings. The van der Waals surface area contributed by atoms with E-state index in [4.69, 9.17) is 4.74 Å². The van der Waals surface area contributed by atoms with Crippen molar-refractivity contribution in [3.8, 4) is 0 Å². The lowest BCUT2D eigenvalue weighted by atomic mass is 9.98. The minimum atomic E-state index is 0.122. The Kier molecular flexibility index (Phi) is 4.99. The van der Waals surface area contributed by atoms with E-state index in [1.54, 1.807) is 7.11 Å². The molecule has 1 atom stereocenters. The predicted octanol–water partition coefficient (Wildman–Crippen LogP) is 3.26. The first-order chi connectivity index (χ1) is 9.13. The van der Waals surface area contributed by atoms with Crippen molar-refractivity contribution < 1.29 is 9.53 Å². The molecule has 4 heteroatoms. The molecule has 19 heavy (non-hydrogen) atoms. The van der Waals surface area contributed by atoms with Crippen molar-refractivity contribution in [3.05, 3.63) is 33.8 Å². The maximum absolute atomic E-state index is 12.6. The van der Waals surface area contributed by atoms with Crippen LogP contribution in [0.25, 0.3) is 0 Å². The van der Waals surface area contributed by atoms with Crippen molar-refractivity contribution in [3.63, 3.8) is 0 Å². The molecule has 1 aromatic carbocycles. The molecule has 0 bridgehead atoms. The first kappa shape index (κ1) is 14.5. The number of likely N-dealkylation sites (tertiary alicyclic amines) is 1. The summed E-state index contributed by atoms with van der Waals surface area (Å²) in [4.78, 5) is 14.5. The van der Waals surface area contributed by atoms with Gasteiger partial charge in [-0.2, -0.15) is 0 Å². The molecule has 0 aromatic heterocycles. The highest BCUT2D eigenvalue weighted by atomic mass is 79.9. The summed E-state index contributed by atoms with van der Waals surface area (Å²) in [5, 5.41) is 0. The van der Waals surface area contributed by atoms with Gasteiger partial charge in [0.1, 0.15) is 0 Å². The van der Waals surface area contributed by atoms with Crippen LogP contribution in [0, 0.1) is 12.8 Å². The number of carbonyl (C=O) groups excluding carboxylic acids is 1. The fraction of sp³-hybridized carbons (Fsp3) is 0.533. The zero-order valence-corrected chi connectivity index (χ0v) is 13.1. The van der Waals surface area contributed by atoms with Gasteiger partial charge in [-0.3, -0.25) is 4.79 Å². The molecule has 1 aliphatic heterocycles. The van der Waals surface area contributed by atoms with Gasteiger partial charge >= 0.3 is 0 Å². The molecule has 0 N–H and O–H groups in total. The van der Waals surface area contributed by atoms with Crippen molar-refractivity contribution in [2.45, 2.75) is 19.8 Å². The lowest BCUT2D eigenvalue weighted by Gasteiger charge is -2.32. The molecule has 3 nitrogen and oxygen atoms in total. The highest BCUT2D eigenvalue weighted by Crippen LogP contribution is 2.25. The van der Waals surface area contributed by atoms with Crippen molar-refractivity contribution in [2.24, 2.45) is 5.92 Å². The Morgan fingerprint density at radius 2 is 2.32 bits per heavy atom. The standard InChI is InChI=1S/C15H20BrNO2/c1-11-5-3-7-13(14(11)16)15(18)17-8-4-6-12(9-17)10-19-2/h3,5,7,12H,4,6,8-10H2,1-2H3. The number of hydrogen-bond acceptors (Lipinski definition) is 2. The number of hydrogen-bond donors (Lipinski definition) is 0. The number of aryl methyl sites for hydroxylation is 1. The van der Waals surface area contributed by atoms with Gasteiger partial charge in [0.05, 0.1) is 12.2 Å². The molecule has 0 radical (unpaired) electrons. The van der Waals surface area contributed by atoms with Gasteiger partial charge in [0, 0.05) is 24.7 Å². The molecule has 2 rings (SSSR count). The predicted molar refractivity (Wildman–Crippen MR) is 79.4 cm³/mol. The van der Waals surface area contributed by atoms with Crippen LogP contribution in [0.4, 0.5) is 0 Å². The van der Waals surface area contributed by atoms with Crippen LogP contribution in [-0.2, 0) is 4.74 Å². The van der Waals surface area contributed by atoms with Gasteiger partial charge in [0.2, 0.25) is 0 Å². The summed E-state index contributed by atoms with van der Waals surface area (Å²) in [6, 6.07) is 5.83. The molecule has 1 saturated heterocycles. The number of amides is 1. The fourth-order valence-corrected chi connectivity index (χ4v) is 3.04. The lowest BCUT2D eigenvalue weighted by Crippen LogP contribution is -2.41. The second-order valence-electron chi connectivity index (χ2n) is 5.15. The van der Waals surface area contributed by atoms with E-state index >= 15 is 0 Å². The summed E-state index contributed by atoms with van der Waals surface area (Å²) in [5.74, 6) is 0.586. The summed E-state index contributed by atoms with van der Waals surface area (Å²) in [7, 11) is 1.72. The number of carbonyl (C=O) groups is 1. The average molecular weight is 326 g/mol. The Balaban J connectivity index is 2.12. The van der Waals surface area contributed by atoms with E-state index in [-0.39, 0.29) is 5.91 Å². The largest absolute Gasteiger partial charge is 0.384 e. The Morgan fingerprint density at radius 1 is 1.53 bits per heavy atom. The highest BCUT2D eigenvalue weighted by molar-refractivity contribution is 9.10. The maximum Gasteiger partial charge on any atom is 0.255 e. The van der Waals surface area contributed by atoms with Crippen molar-refractivity contribution in [1.82, 2.24) is 4.90 Å². The van der Waals surface area contributed by atoms with Crippen molar-refractivity contribution >= 4 is 21.8 Å². The number of ether oxygens (including phenoxy) is 1. The molecule has 1 aliphatic rings. The van der Waals surface area contributed by atoms with E-state index in [1.807, 2.05) is 30.0 Å². The third-order valence-electron chi connectivity index (χ3n) is 3.63. The van der Waals surface area contributed by atoms with Gasteiger partial charge in [0.15, 0.2) is 0 Å². The number of methoxy groups -OCH3 is 1. The average Bonchev–Trinajstić information content (AvgIpc) is 2.42.